The van der Waals surface area contributed by atoms with Crippen LogP contribution in [0.25, 0.3) is 21.8 Å². The Morgan fingerprint density at radius 1 is 0.473 bits per heavy atom. The number of benzene rings is 3. The third-order valence-corrected chi connectivity index (χ3v) is 24.5. The van der Waals surface area contributed by atoms with Crippen LogP contribution in [-0.4, -0.2) is 321 Å². The fourth-order valence-corrected chi connectivity index (χ4v) is 17.0. The Balaban J connectivity index is 1.08. The number of thioether (sulfide) groups is 1. The first-order valence-electron chi connectivity index (χ1n) is 42.6. The van der Waals surface area contributed by atoms with Gasteiger partial charge in [-0.2, -0.15) is 0 Å². The lowest BCUT2D eigenvalue weighted by Crippen LogP contribution is -2.62. The summed E-state index contributed by atoms with van der Waals surface area (Å²) < 4.78 is 0. The normalized spacial score (nSPS) is 26.6. The molecule has 6 heterocycles. The molecule has 698 valence electrons. The minimum absolute atomic E-state index is 0.0413. The van der Waals surface area contributed by atoms with Crippen LogP contribution in [0.15, 0.2) is 97.3 Å². The maximum absolute atomic E-state index is 15.7. The number of aromatic nitrogens is 2. The predicted octanol–water partition coefficient (Wildman–Crippen LogP) is -2.72. The fraction of sp³-hybridized carbons (Fsp3) is 0.512. The molecule has 4 aliphatic heterocycles. The number of carboxylic acid groups (broad SMARTS) is 3. The highest BCUT2D eigenvalue weighted by Gasteiger charge is 2.47. The molecule has 15 amide bonds. The van der Waals surface area contributed by atoms with Gasteiger partial charge in [0.1, 0.15) is 90.3 Å². The maximum Gasteiger partial charge on any atom is 0.305 e. The summed E-state index contributed by atoms with van der Waals surface area (Å²) in [4.78, 5) is 269. The number of carbonyl (C=O) groups is 18. The molecule has 0 radical (unpaired) electrons. The molecule has 42 nitrogen and oxygen atoms in total. The number of H-pyrrole nitrogens is 2. The molecular formula is C86H114N18O24S. The molecule has 0 aliphatic carbocycles. The van der Waals surface area contributed by atoms with Crippen molar-refractivity contribution < 1.29 is 117 Å². The summed E-state index contributed by atoms with van der Waals surface area (Å²) >= 11 is 0.725. The number of amides is 15. The van der Waals surface area contributed by atoms with E-state index in [1.54, 1.807) is 60.9 Å². The average Bonchev–Trinajstić information content (AvgIpc) is 1.71. The summed E-state index contributed by atoms with van der Waals surface area (Å²) in [5, 5.41) is 86.5. The molecule has 21 N–H and O–H groups in total. The summed E-state index contributed by atoms with van der Waals surface area (Å²) in [5.74, 6) is -21.4. The van der Waals surface area contributed by atoms with Gasteiger partial charge >= 0.3 is 17.9 Å². The largest absolute Gasteiger partial charge is 0.508 e. The lowest BCUT2D eigenvalue weighted by Gasteiger charge is -2.36. The van der Waals surface area contributed by atoms with E-state index in [9.17, 15) is 83.4 Å². The molecule has 4 aliphatic rings. The molecular weight excluding hydrogens is 1700 g/mol. The number of nitrogens with one attached hydrogen (secondary N) is 11. The highest BCUT2D eigenvalue weighted by molar-refractivity contribution is 8.00. The van der Waals surface area contributed by atoms with Gasteiger partial charge in [-0.25, -0.2) is 0 Å². The van der Waals surface area contributed by atoms with Gasteiger partial charge in [-0.05, 0) is 112 Å². The molecule has 0 saturated carbocycles. The van der Waals surface area contributed by atoms with Crippen molar-refractivity contribution in [3.8, 4) is 5.75 Å². The van der Waals surface area contributed by atoms with E-state index < -0.39 is 267 Å². The second-order valence-corrected chi connectivity index (χ2v) is 33.6. The van der Waals surface area contributed by atoms with Gasteiger partial charge in [-0.3, -0.25) is 86.3 Å². The lowest BCUT2D eigenvalue weighted by atomic mass is 9.99. The van der Waals surface area contributed by atoms with Crippen LogP contribution in [-0.2, 0) is 106 Å². The smallest absolute Gasteiger partial charge is 0.305 e. The van der Waals surface area contributed by atoms with Gasteiger partial charge in [-0.1, -0.05) is 73.5 Å². The number of para-hydroxylation sites is 2. The van der Waals surface area contributed by atoms with Gasteiger partial charge in [0.15, 0.2) is 0 Å². The number of hydrogen-bond acceptors (Lipinski definition) is 23. The molecule has 3 saturated heterocycles. The zero-order chi connectivity index (χ0) is 94.0. The molecule has 9 rings (SSSR count). The highest BCUT2D eigenvalue weighted by atomic mass is 32.2. The first kappa shape index (κ1) is 99.7. The van der Waals surface area contributed by atoms with Crippen LogP contribution in [0, 0.1) is 0 Å². The standard InChI is InChI=1S/C86H114N18O24S/c1-46-74(116)95-61(38-72(113)114)85(127)103-33-17-24-66(103)80(122)97-62(39-87)77(119)93-57(30-32-71(111)112)84(126)104-42-51(107)37-68(104)81(123)94-58(35-48-40-89-54-20-15-13-18-52(48)54)76(118)98-63(43-105)78(120)96-60(36-49-41-90-55-21-16-14-19-53(49)55)83(125)102(4)67-23-12-10-8-6-5-7-9-11-22-65(101(3)86(67)128)79(121)92-56(29-31-70(109)110)75(117)99-64(73(88)115)44-129-45-69(108)91-59(82(124)100(46)2)34-47-25-27-50(106)28-26-47/h5-6,13-16,18-21,25-28,40-41,46,51,56-68,89-90,105-107H,7-12,17,22-24,29-39,42-45,87H2,1-4H3,(H2,88,115)(H,91,108)(H,92,121)(H,93,119)(H,94,123)(H,95,116)(H,96,120)(H,97,122)(H,98,118)(H,99,117)(H,109,110)(H,111,112)(H,113,114)/b6-5-/t46-,51+,56-,57-,58-,59-,60-,61-,62-,63-,64-,65-,66-,67-,68-/m0/s1. The first-order chi connectivity index (χ1) is 61.5. The highest BCUT2D eigenvalue weighted by Crippen LogP contribution is 2.28. The van der Waals surface area contributed by atoms with Crippen LogP contribution in [0.5, 0.6) is 5.75 Å². The third-order valence-electron chi connectivity index (χ3n) is 23.4. The number of rotatable bonds is 17. The quantitative estimate of drug-likeness (QED) is 0.0421. The zero-order valence-electron chi connectivity index (χ0n) is 71.9. The van der Waals surface area contributed by atoms with Crippen molar-refractivity contribution in [2.45, 2.75) is 220 Å². The molecule has 3 fully saturated rings. The maximum atomic E-state index is 15.7. The van der Waals surface area contributed by atoms with Crippen LogP contribution in [0.3, 0.4) is 0 Å². The Hall–Kier alpha value is -13.0. The van der Waals surface area contributed by atoms with Crippen LogP contribution < -0.4 is 59.3 Å². The van der Waals surface area contributed by atoms with Crippen LogP contribution in [0.1, 0.15) is 126 Å². The van der Waals surface area contributed by atoms with Crippen LogP contribution in [0.2, 0.25) is 0 Å². The van der Waals surface area contributed by atoms with Gasteiger partial charge < -0.3 is 124 Å². The molecule has 3 aromatic carbocycles. The lowest BCUT2D eigenvalue weighted by molar-refractivity contribution is -0.149. The summed E-state index contributed by atoms with van der Waals surface area (Å²) in [6, 6.07) is -4.17. The second-order valence-electron chi connectivity index (χ2n) is 32.6. The number of nitrogens with zero attached hydrogens (tertiary/aromatic N) is 5. The van der Waals surface area contributed by atoms with Crippen molar-refractivity contribution in [2.24, 2.45) is 11.5 Å². The molecule has 2 bridgehead atoms. The van der Waals surface area contributed by atoms with Gasteiger partial charge in [0.2, 0.25) is 88.6 Å². The summed E-state index contributed by atoms with van der Waals surface area (Å²) in [7, 11) is 3.78. The molecule has 15 atom stereocenters. The minimum Gasteiger partial charge on any atom is -0.508 e. The predicted molar refractivity (Wildman–Crippen MR) is 464 cm³/mol. The minimum atomic E-state index is -1.94. The summed E-state index contributed by atoms with van der Waals surface area (Å²) in [5.41, 5.74) is 14.4. The number of likely N-dealkylation sites (N-methyl/N-ethyl adjacent to an activating group) is 3. The molecule has 129 heavy (non-hydrogen) atoms. The number of hydrogen-bond donors (Lipinski definition) is 19. The van der Waals surface area contributed by atoms with Gasteiger partial charge in [0, 0.05) is 119 Å². The number of aromatic amines is 2. The number of fused-ring (bicyclic) bond motifs is 7. The number of primary amides is 1. The molecule has 0 spiro atoms. The van der Waals surface area contributed by atoms with Gasteiger partial charge in [-0.15, -0.1) is 11.8 Å². The Morgan fingerprint density at radius 2 is 0.953 bits per heavy atom. The van der Waals surface area contributed by atoms with E-state index in [1.807, 2.05) is 12.2 Å². The number of allylic oxidation sites excluding steroid dienone is 2. The van der Waals surface area contributed by atoms with Crippen molar-refractivity contribution in [2.75, 3.05) is 58.9 Å². The Labute approximate surface area is 745 Å². The Kier molecular flexibility index (Phi) is 36.5. The van der Waals surface area contributed by atoms with E-state index in [4.69, 9.17) is 11.5 Å². The van der Waals surface area contributed by atoms with E-state index in [1.165, 1.54) is 45.3 Å². The van der Waals surface area contributed by atoms with Crippen LogP contribution >= 0.6 is 11.8 Å². The average molecular weight is 1820 g/mol. The Bertz CT molecular complexity index is 4970. The van der Waals surface area contributed by atoms with Crippen molar-refractivity contribution in [1.29, 1.82) is 0 Å². The number of phenols is 1. The number of aliphatic hydroxyl groups is 2. The Morgan fingerprint density at radius 3 is 1.55 bits per heavy atom. The number of carboxylic acids is 3. The van der Waals surface area contributed by atoms with E-state index >= 15 is 33.6 Å². The van der Waals surface area contributed by atoms with E-state index in [2.05, 4.69) is 57.8 Å². The molecule has 0 unspecified atom stereocenters. The molecule has 43 heteroatoms. The van der Waals surface area contributed by atoms with E-state index in [-0.39, 0.29) is 57.2 Å². The number of carbonyl (C=O) groups excluding carboxylic acids is 15. The first-order valence-corrected chi connectivity index (χ1v) is 43.8. The molecule has 5 aromatic rings. The topological polar surface area (TPSA) is 637 Å². The number of aromatic hydroxyl groups is 1. The number of aliphatic carboxylic acids is 3. The third kappa shape index (κ3) is 27.3. The van der Waals surface area contributed by atoms with Gasteiger partial charge in [0.25, 0.3) is 0 Å². The zero-order valence-corrected chi connectivity index (χ0v) is 72.7. The monoisotopic (exact) mass is 1810 g/mol. The summed E-state index contributed by atoms with van der Waals surface area (Å²) in [6.45, 7) is -1.48. The van der Waals surface area contributed by atoms with Gasteiger partial charge in [0.05, 0.1) is 24.9 Å². The van der Waals surface area contributed by atoms with Crippen molar-refractivity contribution in [3.63, 3.8) is 0 Å². The second kappa shape index (κ2) is 47.1. The van der Waals surface area contributed by atoms with E-state index in [0.29, 0.717) is 77.0 Å². The SMILES string of the molecule is C[C@H]1C(=O)N[C@@H](CC(=O)O)C(=O)N2CCC[C@H]2C(=O)N[C@@H](CN)C(=O)N[C@@H](CCC(=O)O)C(=O)N2C[C@H](O)C[C@H]2C(=O)N[C@@H](Cc2c[nH]c3ccccc23)C(=O)N[C@@H](CO)C(=O)N[C@@H](Cc2c[nH]c3ccccc23)C(=O)N(C)[C@H]2CCCC/C=C\CCCC[C@@H](C(=O)N[C@@H](CCC(=O)O)C(=O)N[C@H](C(N)=O)CSCC(=O)N[C@@H](Cc3ccc(O)cc3)C(=O)N1C)N(C)C2=O. The fourth-order valence-electron chi connectivity index (χ4n) is 16.1. The van der Waals surface area contributed by atoms with Crippen molar-refractivity contribution >= 4 is 140 Å². The molecule has 2 aromatic heterocycles. The van der Waals surface area contributed by atoms with E-state index in [0.717, 1.165) is 43.3 Å². The van der Waals surface area contributed by atoms with Crippen LogP contribution in [0.4, 0.5) is 0 Å². The van der Waals surface area contributed by atoms with Crippen molar-refractivity contribution in [1.82, 2.24) is 82.3 Å². The van der Waals surface area contributed by atoms with Crippen molar-refractivity contribution in [3.05, 3.63) is 114 Å². The number of phenolic OH excluding ortho intramolecular Hbond substituents is 1. The number of aliphatic hydroxyl groups excluding tert-OH is 2. The summed E-state index contributed by atoms with van der Waals surface area (Å²) in [6.07, 6.45) is 2.84. The number of nitrogens with two attached hydrogens (primary N) is 2.